The lowest BCUT2D eigenvalue weighted by molar-refractivity contribution is -0.140. The molecule has 1 atom stereocenters. The summed E-state index contributed by atoms with van der Waals surface area (Å²) < 4.78 is 1.73. The minimum atomic E-state index is -1.07. The minimum absolute atomic E-state index is 0.160. The van der Waals surface area contributed by atoms with Gasteiger partial charge in [-0.05, 0) is 18.1 Å². The van der Waals surface area contributed by atoms with E-state index in [1.54, 1.807) is 49.3 Å². The highest BCUT2D eigenvalue weighted by atomic mass is 16.4. The number of carboxylic acid groups (broad SMARTS) is 1. The van der Waals surface area contributed by atoms with E-state index in [0.29, 0.717) is 0 Å². The number of nitrogens with zero attached hydrogens (tertiary/aromatic N) is 3. The van der Waals surface area contributed by atoms with E-state index in [4.69, 9.17) is 5.11 Å². The Balaban J connectivity index is 2.20. The Morgan fingerprint density at radius 2 is 2.10 bits per heavy atom. The third kappa shape index (κ3) is 3.44. The van der Waals surface area contributed by atoms with Crippen LogP contribution in [0.3, 0.4) is 0 Å². The van der Waals surface area contributed by atoms with Crippen LogP contribution in [0.5, 0.6) is 0 Å². The topological polar surface area (TPSA) is 97.1 Å². The molecule has 1 amide bonds. The van der Waals surface area contributed by atoms with Crippen molar-refractivity contribution in [3.63, 3.8) is 0 Å². The summed E-state index contributed by atoms with van der Waals surface area (Å²) in [7, 11) is 0. The number of imidazole rings is 1. The van der Waals surface area contributed by atoms with E-state index in [-0.39, 0.29) is 11.6 Å². The lowest BCUT2D eigenvalue weighted by Crippen LogP contribution is -2.44. The van der Waals surface area contributed by atoms with E-state index in [2.05, 4.69) is 15.3 Å². The fourth-order valence-electron chi connectivity index (χ4n) is 1.84. The van der Waals surface area contributed by atoms with Crippen LogP contribution in [-0.4, -0.2) is 37.6 Å². The first-order valence-corrected chi connectivity index (χ1v) is 6.47. The highest BCUT2D eigenvalue weighted by molar-refractivity contribution is 5.95. The number of hydrogen-bond donors (Lipinski definition) is 2. The highest BCUT2D eigenvalue weighted by Crippen LogP contribution is 2.09. The number of pyridine rings is 1. The molecule has 0 aromatic carbocycles. The molecule has 0 aliphatic carbocycles. The zero-order valence-corrected chi connectivity index (χ0v) is 11.7. The lowest BCUT2D eigenvalue weighted by Gasteiger charge is -2.17. The predicted octanol–water partition coefficient (Wildman–Crippen LogP) is 1.11. The Kier molecular flexibility index (Phi) is 4.32. The summed E-state index contributed by atoms with van der Waals surface area (Å²) in [6, 6.07) is 2.36. The van der Waals surface area contributed by atoms with Crippen molar-refractivity contribution in [2.45, 2.75) is 19.9 Å². The van der Waals surface area contributed by atoms with Crippen LogP contribution in [0.25, 0.3) is 5.69 Å². The van der Waals surface area contributed by atoms with Crippen molar-refractivity contribution < 1.29 is 14.7 Å². The van der Waals surface area contributed by atoms with Gasteiger partial charge in [0, 0.05) is 18.6 Å². The predicted molar refractivity (Wildman–Crippen MR) is 75.1 cm³/mol. The maximum Gasteiger partial charge on any atom is 0.326 e. The number of carbonyl (C=O) groups excluding carboxylic acids is 1. The summed E-state index contributed by atoms with van der Waals surface area (Å²) in [6.07, 6.45) is 6.46. The number of nitrogens with one attached hydrogen (secondary N) is 1. The van der Waals surface area contributed by atoms with Crippen LogP contribution in [0.4, 0.5) is 0 Å². The summed E-state index contributed by atoms with van der Waals surface area (Å²) in [6.45, 7) is 3.46. The number of amides is 1. The smallest absolute Gasteiger partial charge is 0.326 e. The standard InChI is InChI=1S/C14H16N4O3/c1-9(2)12(14(20)21)17-13(19)11-7-10(3-4-16-11)18-6-5-15-8-18/h3-9,12H,1-2H3,(H,17,19)(H,20,21)/t12-/m1/s1. The SMILES string of the molecule is CC(C)[C@@H](NC(=O)c1cc(-n2ccnc2)ccn1)C(=O)O. The van der Waals surface area contributed by atoms with Gasteiger partial charge in [-0.1, -0.05) is 13.8 Å². The zero-order valence-electron chi connectivity index (χ0n) is 11.7. The summed E-state index contributed by atoms with van der Waals surface area (Å²) in [4.78, 5) is 31.2. The first kappa shape index (κ1) is 14.7. The summed E-state index contributed by atoms with van der Waals surface area (Å²) in [5, 5.41) is 11.6. The molecule has 0 aliphatic rings. The van der Waals surface area contributed by atoms with Crippen molar-refractivity contribution in [2.75, 3.05) is 0 Å². The van der Waals surface area contributed by atoms with E-state index >= 15 is 0 Å². The maximum absolute atomic E-state index is 12.1. The van der Waals surface area contributed by atoms with Crippen LogP contribution in [0.2, 0.25) is 0 Å². The first-order valence-electron chi connectivity index (χ1n) is 6.47. The van der Waals surface area contributed by atoms with Crippen molar-refractivity contribution in [3.8, 4) is 5.69 Å². The fourth-order valence-corrected chi connectivity index (χ4v) is 1.84. The van der Waals surface area contributed by atoms with Crippen LogP contribution in [0, 0.1) is 5.92 Å². The van der Waals surface area contributed by atoms with Gasteiger partial charge in [0.1, 0.15) is 11.7 Å². The number of hydrogen-bond acceptors (Lipinski definition) is 4. The van der Waals surface area contributed by atoms with E-state index in [0.717, 1.165) is 5.69 Å². The van der Waals surface area contributed by atoms with Crippen LogP contribution in [0.15, 0.2) is 37.1 Å². The molecule has 7 nitrogen and oxygen atoms in total. The van der Waals surface area contributed by atoms with Gasteiger partial charge in [0.2, 0.25) is 0 Å². The van der Waals surface area contributed by atoms with E-state index < -0.39 is 17.9 Å². The van der Waals surface area contributed by atoms with Gasteiger partial charge in [-0.3, -0.25) is 9.78 Å². The van der Waals surface area contributed by atoms with Crippen LogP contribution in [-0.2, 0) is 4.79 Å². The average Bonchev–Trinajstić information content (AvgIpc) is 2.98. The second kappa shape index (κ2) is 6.17. The molecule has 21 heavy (non-hydrogen) atoms. The summed E-state index contributed by atoms with van der Waals surface area (Å²) >= 11 is 0. The number of rotatable bonds is 5. The van der Waals surface area contributed by atoms with Crippen LogP contribution >= 0.6 is 0 Å². The molecule has 0 saturated heterocycles. The largest absolute Gasteiger partial charge is 0.480 e. The van der Waals surface area contributed by atoms with Crippen molar-refractivity contribution in [1.29, 1.82) is 0 Å². The molecule has 2 N–H and O–H groups in total. The molecule has 0 bridgehead atoms. The minimum Gasteiger partial charge on any atom is -0.480 e. The van der Waals surface area contributed by atoms with Crippen molar-refractivity contribution in [3.05, 3.63) is 42.7 Å². The van der Waals surface area contributed by atoms with Gasteiger partial charge in [-0.15, -0.1) is 0 Å². The summed E-state index contributed by atoms with van der Waals surface area (Å²) in [5.74, 6) is -1.80. The van der Waals surface area contributed by atoms with Gasteiger partial charge in [0.25, 0.3) is 5.91 Å². The Labute approximate surface area is 121 Å². The molecule has 7 heteroatoms. The Morgan fingerprint density at radius 3 is 2.67 bits per heavy atom. The van der Waals surface area contributed by atoms with Gasteiger partial charge >= 0.3 is 5.97 Å². The Bertz CT molecular complexity index is 637. The first-order chi connectivity index (χ1) is 9.99. The Morgan fingerprint density at radius 1 is 1.33 bits per heavy atom. The maximum atomic E-state index is 12.1. The van der Waals surface area contributed by atoms with Gasteiger partial charge in [0.05, 0.1) is 12.0 Å². The quantitative estimate of drug-likeness (QED) is 0.859. The van der Waals surface area contributed by atoms with Crippen LogP contribution in [0.1, 0.15) is 24.3 Å². The molecule has 2 heterocycles. The number of aromatic nitrogens is 3. The van der Waals surface area contributed by atoms with Gasteiger partial charge in [-0.2, -0.15) is 0 Å². The van der Waals surface area contributed by atoms with E-state index in [1.165, 1.54) is 6.20 Å². The van der Waals surface area contributed by atoms with E-state index in [9.17, 15) is 9.59 Å². The molecule has 2 aromatic rings. The molecule has 2 rings (SSSR count). The van der Waals surface area contributed by atoms with Crippen molar-refractivity contribution >= 4 is 11.9 Å². The van der Waals surface area contributed by atoms with Gasteiger partial charge in [0.15, 0.2) is 0 Å². The average molecular weight is 288 g/mol. The molecule has 0 spiro atoms. The molecular formula is C14H16N4O3. The highest BCUT2D eigenvalue weighted by Gasteiger charge is 2.24. The number of aliphatic carboxylic acids is 1. The summed E-state index contributed by atoms with van der Waals surface area (Å²) in [5.41, 5.74) is 0.886. The van der Waals surface area contributed by atoms with E-state index in [1.807, 2.05) is 0 Å². The Hall–Kier alpha value is -2.70. The second-order valence-electron chi connectivity index (χ2n) is 4.90. The van der Waals surface area contributed by atoms with Crippen LogP contribution < -0.4 is 5.32 Å². The normalized spacial score (nSPS) is 12.1. The van der Waals surface area contributed by atoms with Crippen molar-refractivity contribution in [1.82, 2.24) is 19.9 Å². The van der Waals surface area contributed by atoms with Gasteiger partial charge in [-0.25, -0.2) is 9.78 Å². The molecule has 2 aromatic heterocycles. The molecule has 0 unspecified atom stereocenters. The number of carbonyl (C=O) groups is 2. The molecule has 0 radical (unpaired) electrons. The number of carboxylic acids is 1. The lowest BCUT2D eigenvalue weighted by atomic mass is 10.0. The molecule has 0 aliphatic heterocycles. The van der Waals surface area contributed by atoms with Gasteiger partial charge < -0.3 is 15.0 Å². The molecule has 110 valence electrons. The molecular weight excluding hydrogens is 272 g/mol. The molecule has 0 fully saturated rings. The fraction of sp³-hybridized carbons (Fsp3) is 0.286. The third-order valence-corrected chi connectivity index (χ3v) is 3.00. The third-order valence-electron chi connectivity index (χ3n) is 3.00. The monoisotopic (exact) mass is 288 g/mol. The second-order valence-corrected chi connectivity index (χ2v) is 4.90. The van der Waals surface area contributed by atoms with Crippen molar-refractivity contribution in [2.24, 2.45) is 5.92 Å². The molecule has 0 saturated carbocycles. The zero-order chi connectivity index (χ0) is 15.4.